The average molecular weight is 184 g/mol. The molecule has 1 aromatic heterocycles. The van der Waals surface area contributed by atoms with Gasteiger partial charge in [-0.1, -0.05) is 6.92 Å². The highest BCUT2D eigenvalue weighted by Gasteiger charge is 2.05. The van der Waals surface area contributed by atoms with E-state index in [1.54, 1.807) is 0 Å². The summed E-state index contributed by atoms with van der Waals surface area (Å²) in [7, 11) is 0. The molecule has 0 saturated carbocycles. The van der Waals surface area contributed by atoms with Crippen molar-refractivity contribution < 1.29 is 4.79 Å². The third-order valence-corrected chi connectivity index (χ3v) is 2.58. The van der Waals surface area contributed by atoms with Gasteiger partial charge in [-0.3, -0.25) is 4.79 Å². The van der Waals surface area contributed by atoms with Crippen LogP contribution in [0.25, 0.3) is 0 Å². The van der Waals surface area contributed by atoms with Crippen LogP contribution in [0.3, 0.4) is 0 Å². The van der Waals surface area contributed by atoms with Crippen LogP contribution in [0.5, 0.6) is 0 Å². The van der Waals surface area contributed by atoms with Gasteiger partial charge < -0.3 is 5.32 Å². The van der Waals surface area contributed by atoms with E-state index in [4.69, 9.17) is 0 Å². The molecule has 0 aliphatic rings. The zero-order chi connectivity index (χ0) is 9.14. The molecule has 3 nitrogen and oxygen atoms in total. The maximum absolute atomic E-state index is 11.0. The molecule has 12 heavy (non-hydrogen) atoms. The number of hydrogen-bond donors (Lipinski definition) is 1. The molecule has 1 amide bonds. The summed E-state index contributed by atoms with van der Waals surface area (Å²) in [5, 5.41) is 3.43. The van der Waals surface area contributed by atoms with Gasteiger partial charge in [0.15, 0.2) is 5.13 Å². The molecule has 0 saturated heterocycles. The molecular formula is C8H12N2OS. The van der Waals surface area contributed by atoms with Gasteiger partial charge in [0, 0.05) is 11.3 Å². The molecule has 1 rings (SSSR count). The summed E-state index contributed by atoms with van der Waals surface area (Å²) in [5.41, 5.74) is 0.992. The third kappa shape index (κ3) is 2.04. The molecule has 0 radical (unpaired) electrons. The minimum Gasteiger partial charge on any atom is -0.302 e. The quantitative estimate of drug-likeness (QED) is 0.764. The minimum absolute atomic E-state index is 0.0174. The lowest BCUT2D eigenvalue weighted by molar-refractivity contribution is -0.115. The topological polar surface area (TPSA) is 42.0 Å². The molecule has 1 aromatic rings. The number of aryl methyl sites for hydroxylation is 2. The Morgan fingerprint density at radius 3 is 2.67 bits per heavy atom. The van der Waals surface area contributed by atoms with Gasteiger partial charge in [0.05, 0.1) is 5.69 Å². The van der Waals surface area contributed by atoms with Crippen molar-refractivity contribution in [3.8, 4) is 0 Å². The van der Waals surface area contributed by atoms with E-state index in [-0.39, 0.29) is 5.91 Å². The predicted molar refractivity (Wildman–Crippen MR) is 50.5 cm³/mol. The van der Waals surface area contributed by atoms with Crippen molar-refractivity contribution in [2.75, 3.05) is 5.32 Å². The lowest BCUT2D eigenvalue weighted by Crippen LogP contribution is -2.08. The fourth-order valence-electron chi connectivity index (χ4n) is 0.734. The average Bonchev–Trinajstić information content (AvgIpc) is 2.31. The molecular weight excluding hydrogens is 172 g/mol. The number of anilines is 1. The number of thiazole rings is 1. The Balaban J connectivity index is 2.70. The monoisotopic (exact) mass is 184 g/mol. The normalized spacial score (nSPS) is 9.92. The van der Waals surface area contributed by atoms with E-state index < -0.39 is 0 Å². The second-order valence-electron chi connectivity index (χ2n) is 2.56. The summed E-state index contributed by atoms with van der Waals surface area (Å²) < 4.78 is 0. The number of nitrogens with one attached hydrogen (secondary N) is 1. The van der Waals surface area contributed by atoms with Gasteiger partial charge in [0.2, 0.25) is 5.91 Å². The zero-order valence-electron chi connectivity index (χ0n) is 7.47. The summed E-state index contributed by atoms with van der Waals surface area (Å²) >= 11 is 1.51. The number of carbonyl (C=O) groups excluding carboxylic acids is 1. The molecule has 0 spiro atoms. The van der Waals surface area contributed by atoms with E-state index >= 15 is 0 Å². The second-order valence-corrected chi connectivity index (χ2v) is 3.77. The molecule has 0 aliphatic heterocycles. The van der Waals surface area contributed by atoms with Crippen LogP contribution in [-0.2, 0) is 4.79 Å². The Bertz CT molecular complexity index is 274. The SMILES string of the molecule is CCC(=O)Nc1nc(C)c(C)s1. The molecule has 0 fully saturated rings. The number of carbonyl (C=O) groups is 1. The van der Waals surface area contributed by atoms with Crippen molar-refractivity contribution in [2.24, 2.45) is 0 Å². The highest BCUT2D eigenvalue weighted by atomic mass is 32.1. The van der Waals surface area contributed by atoms with Gasteiger partial charge >= 0.3 is 0 Å². The third-order valence-electron chi connectivity index (χ3n) is 1.60. The summed E-state index contributed by atoms with van der Waals surface area (Å²) in [6, 6.07) is 0. The lowest BCUT2D eigenvalue weighted by atomic mass is 10.4. The van der Waals surface area contributed by atoms with E-state index in [1.165, 1.54) is 11.3 Å². The molecule has 0 aliphatic carbocycles. The maximum atomic E-state index is 11.0. The largest absolute Gasteiger partial charge is 0.302 e. The van der Waals surface area contributed by atoms with Crippen molar-refractivity contribution in [3.05, 3.63) is 10.6 Å². The Labute approximate surface area is 75.8 Å². The van der Waals surface area contributed by atoms with Crippen molar-refractivity contribution in [1.82, 2.24) is 4.98 Å². The van der Waals surface area contributed by atoms with Gasteiger partial charge in [-0.2, -0.15) is 0 Å². The molecule has 66 valence electrons. The number of aromatic nitrogens is 1. The summed E-state index contributed by atoms with van der Waals surface area (Å²) in [6.45, 7) is 5.75. The van der Waals surface area contributed by atoms with E-state index in [2.05, 4.69) is 10.3 Å². The molecule has 1 heterocycles. The first-order valence-electron chi connectivity index (χ1n) is 3.87. The van der Waals surface area contributed by atoms with Gasteiger partial charge in [-0.05, 0) is 13.8 Å². The first-order valence-corrected chi connectivity index (χ1v) is 4.69. The Kier molecular flexibility index (Phi) is 2.81. The van der Waals surface area contributed by atoms with Crippen LogP contribution in [0.15, 0.2) is 0 Å². The summed E-state index contributed by atoms with van der Waals surface area (Å²) in [4.78, 5) is 16.3. The number of nitrogens with zero attached hydrogens (tertiary/aromatic N) is 1. The standard InChI is InChI=1S/C8H12N2OS/c1-4-7(11)10-8-9-5(2)6(3)12-8/h4H2,1-3H3,(H,9,10,11). The van der Waals surface area contributed by atoms with Crippen LogP contribution in [0.2, 0.25) is 0 Å². The van der Waals surface area contributed by atoms with Crippen LogP contribution in [-0.4, -0.2) is 10.9 Å². The summed E-state index contributed by atoms with van der Waals surface area (Å²) in [5.74, 6) is 0.0174. The first kappa shape index (κ1) is 9.19. The fourth-order valence-corrected chi connectivity index (χ4v) is 1.56. The Morgan fingerprint density at radius 1 is 1.58 bits per heavy atom. The molecule has 0 bridgehead atoms. The van der Waals surface area contributed by atoms with E-state index in [0.717, 1.165) is 10.6 Å². The van der Waals surface area contributed by atoms with Gasteiger partial charge in [0.1, 0.15) is 0 Å². The van der Waals surface area contributed by atoms with Crippen LogP contribution in [0, 0.1) is 13.8 Å². The maximum Gasteiger partial charge on any atom is 0.225 e. The van der Waals surface area contributed by atoms with Gasteiger partial charge in [0.25, 0.3) is 0 Å². The number of rotatable bonds is 2. The highest BCUT2D eigenvalue weighted by molar-refractivity contribution is 7.15. The van der Waals surface area contributed by atoms with Crippen molar-refractivity contribution in [2.45, 2.75) is 27.2 Å². The fraction of sp³-hybridized carbons (Fsp3) is 0.500. The minimum atomic E-state index is 0.0174. The smallest absolute Gasteiger partial charge is 0.225 e. The number of hydrogen-bond acceptors (Lipinski definition) is 3. The van der Waals surface area contributed by atoms with Gasteiger partial charge in [-0.25, -0.2) is 4.98 Å². The zero-order valence-corrected chi connectivity index (χ0v) is 8.29. The Morgan fingerprint density at radius 2 is 2.25 bits per heavy atom. The van der Waals surface area contributed by atoms with Crippen LogP contribution in [0.4, 0.5) is 5.13 Å². The van der Waals surface area contributed by atoms with E-state index in [0.29, 0.717) is 11.6 Å². The van der Waals surface area contributed by atoms with E-state index in [1.807, 2.05) is 20.8 Å². The van der Waals surface area contributed by atoms with Gasteiger partial charge in [-0.15, -0.1) is 11.3 Å². The molecule has 4 heteroatoms. The molecule has 0 unspecified atom stereocenters. The van der Waals surface area contributed by atoms with Crippen molar-refractivity contribution in [3.63, 3.8) is 0 Å². The van der Waals surface area contributed by atoms with E-state index in [9.17, 15) is 4.79 Å². The molecule has 1 N–H and O–H groups in total. The molecule has 0 atom stereocenters. The molecule has 0 aromatic carbocycles. The highest BCUT2D eigenvalue weighted by Crippen LogP contribution is 2.20. The summed E-state index contributed by atoms with van der Waals surface area (Å²) in [6.07, 6.45) is 0.498. The van der Waals surface area contributed by atoms with Crippen LogP contribution >= 0.6 is 11.3 Å². The van der Waals surface area contributed by atoms with Crippen LogP contribution in [0.1, 0.15) is 23.9 Å². The van der Waals surface area contributed by atoms with Crippen molar-refractivity contribution >= 4 is 22.4 Å². The lowest BCUT2D eigenvalue weighted by Gasteiger charge is -1.95. The number of amides is 1. The van der Waals surface area contributed by atoms with Crippen LogP contribution < -0.4 is 5.32 Å². The Hall–Kier alpha value is -0.900. The predicted octanol–water partition coefficient (Wildman–Crippen LogP) is 2.11. The van der Waals surface area contributed by atoms with Crippen molar-refractivity contribution in [1.29, 1.82) is 0 Å². The second kappa shape index (κ2) is 3.67. The first-order chi connectivity index (χ1) is 5.63.